The average Bonchev–Trinajstić information content (AvgIpc) is 3.47. The van der Waals surface area contributed by atoms with Gasteiger partial charge < -0.3 is 14.4 Å². The topological polar surface area (TPSA) is 105 Å². The molecule has 1 aliphatic heterocycles. The Bertz CT molecular complexity index is 1400. The molecule has 0 unspecified atom stereocenters. The molecule has 3 heterocycles. The van der Waals surface area contributed by atoms with Gasteiger partial charge >= 0.3 is 6.43 Å². The van der Waals surface area contributed by atoms with Gasteiger partial charge in [0.1, 0.15) is 12.1 Å². The van der Waals surface area contributed by atoms with E-state index in [1.54, 1.807) is 24.3 Å². The van der Waals surface area contributed by atoms with E-state index in [2.05, 4.69) is 20.4 Å². The number of fused-ring (bicyclic) bond motifs is 1. The Morgan fingerprint density at radius 2 is 1.83 bits per heavy atom. The highest BCUT2D eigenvalue weighted by atomic mass is 19.3. The van der Waals surface area contributed by atoms with Crippen LogP contribution in [0.2, 0.25) is 0 Å². The van der Waals surface area contributed by atoms with Crippen molar-refractivity contribution in [3.8, 4) is 11.5 Å². The van der Waals surface area contributed by atoms with Crippen LogP contribution in [0.1, 0.15) is 51.6 Å². The molecule has 2 aromatic heterocycles. The van der Waals surface area contributed by atoms with Crippen LogP contribution in [0.15, 0.2) is 59.1 Å². The van der Waals surface area contributed by atoms with Crippen molar-refractivity contribution in [1.29, 1.82) is 0 Å². The van der Waals surface area contributed by atoms with Gasteiger partial charge in [-0.05, 0) is 47.5 Å². The lowest BCUT2D eigenvalue weighted by Gasteiger charge is -2.31. The first kappa shape index (κ1) is 22.6. The third-order valence-corrected chi connectivity index (χ3v) is 5.63. The van der Waals surface area contributed by atoms with Crippen molar-refractivity contribution in [2.24, 2.45) is 0 Å². The number of carbonyl (C=O) groups excluding carboxylic acids is 1. The van der Waals surface area contributed by atoms with E-state index in [-0.39, 0.29) is 34.8 Å². The number of carbonyl (C=O) groups is 1. The van der Waals surface area contributed by atoms with E-state index in [1.165, 1.54) is 23.2 Å². The first-order valence-electron chi connectivity index (χ1n) is 10.3. The van der Waals surface area contributed by atoms with Gasteiger partial charge in [-0.2, -0.15) is 19.0 Å². The largest absolute Gasteiger partial charge is 0.415 e. The summed E-state index contributed by atoms with van der Waals surface area (Å²) in [5, 5.41) is 25.8. The van der Waals surface area contributed by atoms with E-state index >= 15 is 0 Å². The van der Waals surface area contributed by atoms with Gasteiger partial charge in [0.15, 0.2) is 11.6 Å². The Morgan fingerprint density at radius 3 is 2.51 bits per heavy atom. The molecule has 1 N–H and O–H groups in total. The van der Waals surface area contributed by atoms with Crippen LogP contribution >= 0.6 is 0 Å². The van der Waals surface area contributed by atoms with E-state index in [9.17, 15) is 27.5 Å². The first-order chi connectivity index (χ1) is 16.8. The van der Waals surface area contributed by atoms with Gasteiger partial charge in [-0.3, -0.25) is 4.79 Å². The predicted octanol–water partition coefficient (Wildman–Crippen LogP) is 4.17. The summed E-state index contributed by atoms with van der Waals surface area (Å²) in [6.45, 7) is 0.0581. The zero-order valence-corrected chi connectivity index (χ0v) is 17.6. The molecule has 2 aromatic carbocycles. The third kappa shape index (κ3) is 4.12. The van der Waals surface area contributed by atoms with Gasteiger partial charge in [-0.15, -0.1) is 10.2 Å². The SMILES string of the molecule is O=C1c2cc(-c3nnc(C(F)F)o3)ccc2CN1[C@H](c1cccnn1)[C@@H](O)c1ccc(F)c(F)c1. The Hall–Kier alpha value is -4.19. The molecule has 8 nitrogen and oxygen atoms in total. The predicted molar refractivity (Wildman–Crippen MR) is 111 cm³/mol. The number of halogens is 4. The quantitative estimate of drug-likeness (QED) is 0.409. The molecule has 0 fully saturated rings. The van der Waals surface area contributed by atoms with Crippen molar-refractivity contribution >= 4 is 5.91 Å². The molecule has 0 radical (unpaired) electrons. The lowest BCUT2D eigenvalue weighted by molar-refractivity contribution is 0.0343. The molecular formula is C23H15F4N5O3. The van der Waals surface area contributed by atoms with Crippen LogP contribution in [-0.4, -0.2) is 36.3 Å². The number of nitrogens with zero attached hydrogens (tertiary/aromatic N) is 5. The summed E-state index contributed by atoms with van der Waals surface area (Å²) in [5.74, 6) is -3.76. The zero-order chi connectivity index (χ0) is 24.7. The molecule has 5 rings (SSSR count). The van der Waals surface area contributed by atoms with Crippen molar-refractivity contribution in [3.05, 3.63) is 94.6 Å². The fraction of sp³-hybridized carbons (Fsp3) is 0.174. The van der Waals surface area contributed by atoms with E-state index < -0.39 is 42.0 Å². The fourth-order valence-electron chi connectivity index (χ4n) is 3.96. The molecular weight excluding hydrogens is 470 g/mol. The van der Waals surface area contributed by atoms with Crippen molar-refractivity contribution in [2.45, 2.75) is 25.1 Å². The molecule has 2 atom stereocenters. The van der Waals surface area contributed by atoms with Crippen molar-refractivity contribution in [1.82, 2.24) is 25.3 Å². The lowest BCUT2D eigenvalue weighted by Crippen LogP contribution is -2.34. The maximum Gasteiger partial charge on any atom is 0.314 e. The molecule has 178 valence electrons. The highest BCUT2D eigenvalue weighted by Gasteiger charge is 2.39. The Balaban J connectivity index is 1.51. The van der Waals surface area contributed by atoms with Crippen molar-refractivity contribution in [3.63, 3.8) is 0 Å². The highest BCUT2D eigenvalue weighted by molar-refractivity contribution is 5.99. The first-order valence-corrected chi connectivity index (χ1v) is 10.3. The lowest BCUT2D eigenvalue weighted by atomic mass is 9.97. The van der Waals surface area contributed by atoms with Crippen LogP contribution in [-0.2, 0) is 6.54 Å². The normalized spacial score (nSPS) is 14.9. The van der Waals surface area contributed by atoms with Crippen LogP contribution in [0.4, 0.5) is 17.6 Å². The second kappa shape index (κ2) is 8.87. The van der Waals surface area contributed by atoms with Gasteiger partial charge in [0.25, 0.3) is 11.8 Å². The molecule has 0 aliphatic carbocycles. The number of hydrogen-bond donors (Lipinski definition) is 1. The van der Waals surface area contributed by atoms with Gasteiger partial charge in [0, 0.05) is 23.9 Å². The van der Waals surface area contributed by atoms with E-state index in [4.69, 9.17) is 4.42 Å². The molecule has 0 saturated carbocycles. The summed E-state index contributed by atoms with van der Waals surface area (Å²) in [5.41, 5.74) is 1.33. The molecule has 1 aliphatic rings. The molecule has 0 bridgehead atoms. The van der Waals surface area contributed by atoms with Gasteiger partial charge in [0.05, 0.1) is 5.69 Å². The minimum atomic E-state index is -2.94. The molecule has 35 heavy (non-hydrogen) atoms. The van der Waals surface area contributed by atoms with Gasteiger partial charge in [0.2, 0.25) is 5.89 Å². The summed E-state index contributed by atoms with van der Waals surface area (Å²) < 4.78 is 57.9. The molecule has 1 amide bonds. The number of hydrogen-bond acceptors (Lipinski definition) is 7. The summed E-state index contributed by atoms with van der Waals surface area (Å²) >= 11 is 0. The van der Waals surface area contributed by atoms with Crippen molar-refractivity contribution in [2.75, 3.05) is 0 Å². The summed E-state index contributed by atoms with van der Waals surface area (Å²) in [7, 11) is 0. The summed E-state index contributed by atoms with van der Waals surface area (Å²) in [4.78, 5) is 14.7. The van der Waals surface area contributed by atoms with Crippen LogP contribution in [0.3, 0.4) is 0 Å². The minimum Gasteiger partial charge on any atom is -0.415 e. The second-order valence-corrected chi connectivity index (χ2v) is 7.76. The third-order valence-electron chi connectivity index (χ3n) is 5.63. The number of benzene rings is 2. The molecule has 0 spiro atoms. The monoisotopic (exact) mass is 485 g/mol. The van der Waals surface area contributed by atoms with Crippen LogP contribution in [0.5, 0.6) is 0 Å². The van der Waals surface area contributed by atoms with E-state index in [1.807, 2.05) is 0 Å². The number of amides is 1. The number of rotatable bonds is 6. The van der Waals surface area contributed by atoms with Crippen LogP contribution in [0.25, 0.3) is 11.5 Å². The molecule has 0 saturated heterocycles. The van der Waals surface area contributed by atoms with Crippen LogP contribution < -0.4 is 0 Å². The maximum atomic E-state index is 13.9. The Kier molecular flexibility index (Phi) is 5.73. The smallest absolute Gasteiger partial charge is 0.314 e. The van der Waals surface area contributed by atoms with E-state index in [0.29, 0.717) is 5.56 Å². The molecule has 12 heteroatoms. The maximum absolute atomic E-state index is 13.9. The number of aliphatic hydroxyl groups excluding tert-OH is 1. The highest BCUT2D eigenvalue weighted by Crippen LogP contribution is 2.39. The summed E-state index contributed by atoms with van der Waals surface area (Å²) in [6.07, 6.45) is -2.99. The Labute approximate surface area is 194 Å². The summed E-state index contributed by atoms with van der Waals surface area (Å²) in [6, 6.07) is 9.55. The van der Waals surface area contributed by atoms with E-state index in [0.717, 1.165) is 12.1 Å². The van der Waals surface area contributed by atoms with Crippen molar-refractivity contribution < 1.29 is 31.9 Å². The average molecular weight is 485 g/mol. The molecule has 4 aromatic rings. The second-order valence-electron chi connectivity index (χ2n) is 7.76. The minimum absolute atomic E-state index is 0.0365. The van der Waals surface area contributed by atoms with Crippen LogP contribution in [0, 0.1) is 11.6 Å². The zero-order valence-electron chi connectivity index (χ0n) is 17.6. The van der Waals surface area contributed by atoms with Gasteiger partial charge in [-0.25, -0.2) is 8.78 Å². The van der Waals surface area contributed by atoms with Gasteiger partial charge in [-0.1, -0.05) is 12.1 Å². The fourth-order valence-corrected chi connectivity index (χ4v) is 3.96. The number of aromatic nitrogens is 4. The Morgan fingerprint density at radius 1 is 1.00 bits per heavy atom. The number of alkyl halides is 2. The standard InChI is InChI=1S/C23H15F4N5O3/c24-15-6-5-11(9-16(15)25)19(33)18(17-2-1-7-28-29-17)32-10-13-4-3-12(8-14(13)23(32)34)21-30-31-22(35-21)20(26)27/h1-9,18-20,33H,10H2/t18-,19+/m1/s1. The number of aliphatic hydroxyl groups is 1.